The second-order valence-corrected chi connectivity index (χ2v) is 7.66. The quantitative estimate of drug-likeness (QED) is 0.392. The molecule has 0 amide bonds. The average molecular weight is 458 g/mol. The number of benzene rings is 2. The third-order valence-corrected chi connectivity index (χ3v) is 5.40. The van der Waals surface area contributed by atoms with Gasteiger partial charge in [-0.3, -0.25) is 20.4 Å². The predicted molar refractivity (Wildman–Crippen MR) is 135 cm³/mol. The van der Waals surface area contributed by atoms with E-state index >= 15 is 0 Å². The SMILES string of the molecule is N#Cc1cccc(C2=C(c3ccc4nccnc4c3)/C(=N/NCc3ccccn3)C(=N)C(N)=N2)c1. The first-order valence-electron chi connectivity index (χ1n) is 10.7. The molecule has 1 aliphatic heterocycles. The topological polar surface area (TPSA) is 149 Å². The Morgan fingerprint density at radius 3 is 2.57 bits per heavy atom. The fourth-order valence-electron chi connectivity index (χ4n) is 3.74. The largest absolute Gasteiger partial charge is 0.382 e. The van der Waals surface area contributed by atoms with Crippen LogP contribution in [-0.2, 0) is 6.54 Å². The summed E-state index contributed by atoms with van der Waals surface area (Å²) in [6.07, 6.45) is 4.97. The van der Waals surface area contributed by atoms with Crippen molar-refractivity contribution >= 4 is 39.6 Å². The molecule has 35 heavy (non-hydrogen) atoms. The summed E-state index contributed by atoms with van der Waals surface area (Å²) in [4.78, 5) is 17.6. The maximum absolute atomic E-state index is 9.42. The van der Waals surface area contributed by atoms with Crippen molar-refractivity contribution in [2.24, 2.45) is 15.8 Å². The zero-order valence-electron chi connectivity index (χ0n) is 18.5. The molecule has 5 rings (SSSR count). The van der Waals surface area contributed by atoms with Gasteiger partial charge in [0, 0.05) is 29.7 Å². The molecule has 0 atom stereocenters. The van der Waals surface area contributed by atoms with Crippen molar-refractivity contribution in [1.29, 1.82) is 10.7 Å². The summed E-state index contributed by atoms with van der Waals surface area (Å²) < 4.78 is 0. The molecule has 0 unspecified atom stereocenters. The van der Waals surface area contributed by atoms with Gasteiger partial charge in [-0.25, -0.2) is 4.99 Å². The number of rotatable bonds is 5. The van der Waals surface area contributed by atoms with E-state index in [1.165, 1.54) is 0 Å². The van der Waals surface area contributed by atoms with Crippen LogP contribution in [0.5, 0.6) is 0 Å². The molecule has 168 valence electrons. The number of nitrogens with two attached hydrogens (primary N) is 1. The molecular weight excluding hydrogens is 438 g/mol. The van der Waals surface area contributed by atoms with Crippen LogP contribution >= 0.6 is 0 Å². The number of fused-ring (bicyclic) bond motifs is 1. The van der Waals surface area contributed by atoms with Gasteiger partial charge in [-0.15, -0.1) is 0 Å². The first-order valence-corrected chi connectivity index (χ1v) is 10.7. The lowest BCUT2D eigenvalue weighted by Crippen LogP contribution is -2.35. The number of allylic oxidation sites excluding steroid dienone is 1. The third kappa shape index (κ3) is 4.36. The number of hydrazone groups is 1. The zero-order chi connectivity index (χ0) is 24.2. The van der Waals surface area contributed by atoms with E-state index in [-0.39, 0.29) is 11.5 Å². The lowest BCUT2D eigenvalue weighted by Gasteiger charge is -2.21. The van der Waals surface area contributed by atoms with E-state index < -0.39 is 0 Å². The number of aromatic nitrogens is 3. The van der Waals surface area contributed by atoms with Crippen molar-refractivity contribution in [3.05, 3.63) is 102 Å². The maximum Gasteiger partial charge on any atom is 0.151 e. The standard InChI is InChI=1S/C26H19N9/c27-14-16-4-3-5-18(12-16)24-22(17-7-8-20-21(13-17)32-11-10-31-20)25(23(28)26(29)34-24)35-33-15-19-6-1-2-9-30-19/h1-13,28,33H,15H2,(H2,29,34)/b28-23?,35-25-. The van der Waals surface area contributed by atoms with Gasteiger partial charge in [-0.1, -0.05) is 24.3 Å². The lowest BCUT2D eigenvalue weighted by molar-refractivity contribution is 0.728. The van der Waals surface area contributed by atoms with Crippen molar-refractivity contribution in [3.8, 4) is 6.07 Å². The summed E-state index contributed by atoms with van der Waals surface area (Å²) in [5.41, 5.74) is 14.8. The Balaban J connectivity index is 1.69. The molecule has 2 aromatic carbocycles. The summed E-state index contributed by atoms with van der Waals surface area (Å²) in [6, 6.07) is 20.5. The van der Waals surface area contributed by atoms with Crippen LogP contribution in [0.3, 0.4) is 0 Å². The molecule has 9 nitrogen and oxygen atoms in total. The molecule has 0 spiro atoms. The van der Waals surface area contributed by atoms with Crippen LogP contribution in [0.4, 0.5) is 0 Å². The van der Waals surface area contributed by atoms with E-state index in [1.807, 2.05) is 42.5 Å². The summed E-state index contributed by atoms with van der Waals surface area (Å²) >= 11 is 0. The van der Waals surface area contributed by atoms with Crippen LogP contribution in [0.25, 0.3) is 22.3 Å². The van der Waals surface area contributed by atoms with Crippen molar-refractivity contribution in [3.63, 3.8) is 0 Å². The molecule has 2 aromatic heterocycles. The second-order valence-electron chi connectivity index (χ2n) is 7.66. The fraction of sp³-hybridized carbons (Fsp3) is 0.0385. The summed E-state index contributed by atoms with van der Waals surface area (Å²) in [6.45, 7) is 0.365. The Kier molecular flexibility index (Phi) is 5.76. The van der Waals surface area contributed by atoms with Gasteiger partial charge in [0.15, 0.2) is 5.84 Å². The van der Waals surface area contributed by atoms with Crippen LogP contribution in [-0.4, -0.2) is 32.2 Å². The van der Waals surface area contributed by atoms with E-state index in [0.717, 1.165) is 16.8 Å². The highest BCUT2D eigenvalue weighted by Gasteiger charge is 2.28. The number of aliphatic imine (C=N–C) groups is 1. The van der Waals surface area contributed by atoms with Crippen molar-refractivity contribution < 1.29 is 0 Å². The Bertz CT molecular complexity index is 1580. The molecule has 1 aliphatic rings. The monoisotopic (exact) mass is 457 g/mol. The van der Waals surface area contributed by atoms with Gasteiger partial charge in [0.2, 0.25) is 0 Å². The van der Waals surface area contributed by atoms with Crippen LogP contribution in [0.2, 0.25) is 0 Å². The van der Waals surface area contributed by atoms with E-state index in [1.54, 1.807) is 36.8 Å². The van der Waals surface area contributed by atoms with Crippen molar-refractivity contribution in [2.45, 2.75) is 6.54 Å². The van der Waals surface area contributed by atoms with E-state index in [0.29, 0.717) is 40.2 Å². The van der Waals surface area contributed by atoms with Crippen LogP contribution in [0, 0.1) is 16.7 Å². The molecule has 0 bridgehead atoms. The van der Waals surface area contributed by atoms with Gasteiger partial charge in [0.1, 0.15) is 11.4 Å². The molecule has 4 N–H and O–H groups in total. The number of nitriles is 1. The molecule has 0 radical (unpaired) electrons. The van der Waals surface area contributed by atoms with E-state index in [9.17, 15) is 5.26 Å². The Labute approximate surface area is 200 Å². The number of nitrogens with one attached hydrogen (secondary N) is 2. The normalized spacial score (nSPS) is 14.7. The van der Waals surface area contributed by atoms with E-state index in [4.69, 9.17) is 11.1 Å². The molecular formula is C26H19N9. The van der Waals surface area contributed by atoms with Gasteiger partial charge in [-0.05, 0) is 42.0 Å². The van der Waals surface area contributed by atoms with Crippen molar-refractivity contribution in [1.82, 2.24) is 20.4 Å². The molecule has 0 saturated heterocycles. The fourth-order valence-corrected chi connectivity index (χ4v) is 3.74. The second kappa shape index (κ2) is 9.33. The highest BCUT2D eigenvalue weighted by Crippen LogP contribution is 2.33. The van der Waals surface area contributed by atoms with Gasteiger partial charge in [-0.2, -0.15) is 10.4 Å². The van der Waals surface area contributed by atoms with Crippen LogP contribution in [0.15, 0.2) is 89.3 Å². The molecule has 3 heterocycles. The molecule has 0 aliphatic carbocycles. The molecule has 0 fully saturated rings. The summed E-state index contributed by atoms with van der Waals surface area (Å²) in [7, 11) is 0. The number of hydrogen-bond donors (Lipinski definition) is 3. The highest BCUT2D eigenvalue weighted by atomic mass is 15.3. The van der Waals surface area contributed by atoms with Crippen molar-refractivity contribution in [2.75, 3.05) is 0 Å². The maximum atomic E-state index is 9.42. The highest BCUT2D eigenvalue weighted by molar-refractivity contribution is 6.77. The Hall–Kier alpha value is -5.23. The first-order chi connectivity index (χ1) is 17.1. The number of pyridine rings is 1. The Morgan fingerprint density at radius 1 is 0.914 bits per heavy atom. The summed E-state index contributed by atoms with van der Waals surface area (Å²) in [5.74, 6) is 0.0325. The minimum Gasteiger partial charge on any atom is -0.382 e. The van der Waals surface area contributed by atoms with Gasteiger partial charge in [0.25, 0.3) is 0 Å². The van der Waals surface area contributed by atoms with Crippen LogP contribution < -0.4 is 11.2 Å². The van der Waals surface area contributed by atoms with Gasteiger partial charge in [0.05, 0.1) is 40.6 Å². The number of amidine groups is 1. The molecule has 4 aromatic rings. The van der Waals surface area contributed by atoms with Crippen LogP contribution in [0.1, 0.15) is 22.4 Å². The smallest absolute Gasteiger partial charge is 0.151 e. The van der Waals surface area contributed by atoms with E-state index in [2.05, 4.69) is 36.5 Å². The van der Waals surface area contributed by atoms with Gasteiger partial charge >= 0.3 is 0 Å². The molecule has 9 heteroatoms. The Morgan fingerprint density at radius 2 is 1.77 bits per heavy atom. The zero-order valence-corrected chi connectivity index (χ0v) is 18.5. The summed E-state index contributed by atoms with van der Waals surface area (Å²) in [5, 5.41) is 22.6. The average Bonchev–Trinajstić information content (AvgIpc) is 2.91. The molecule has 0 saturated carbocycles. The number of hydrogen-bond acceptors (Lipinski definition) is 9. The minimum absolute atomic E-state index is 0.00653. The number of nitrogens with zero attached hydrogens (tertiary/aromatic N) is 6. The van der Waals surface area contributed by atoms with Gasteiger partial charge < -0.3 is 11.2 Å². The predicted octanol–water partition coefficient (Wildman–Crippen LogP) is 3.30. The first kappa shape index (κ1) is 21.6. The minimum atomic E-state index is -0.00653. The lowest BCUT2D eigenvalue weighted by atomic mass is 9.90. The third-order valence-electron chi connectivity index (χ3n) is 5.40.